The van der Waals surface area contributed by atoms with Gasteiger partial charge in [-0.25, -0.2) is 13.4 Å². The van der Waals surface area contributed by atoms with Crippen LogP contribution in [0.1, 0.15) is 6.92 Å². The van der Waals surface area contributed by atoms with Gasteiger partial charge in [0.25, 0.3) is 10.0 Å². The number of likely N-dealkylation sites (N-methyl/N-ethyl adjacent to an activating group) is 1. The van der Waals surface area contributed by atoms with Gasteiger partial charge in [0.2, 0.25) is 5.91 Å². The molecule has 10 heteroatoms. The maximum atomic E-state index is 12.5. The Morgan fingerprint density at radius 3 is 2.89 bits per heavy atom. The van der Waals surface area contributed by atoms with Crippen molar-refractivity contribution in [3.63, 3.8) is 0 Å². The van der Waals surface area contributed by atoms with Crippen molar-refractivity contribution in [3.8, 4) is 0 Å². The van der Waals surface area contributed by atoms with Crippen molar-refractivity contribution < 1.29 is 13.2 Å². The van der Waals surface area contributed by atoms with Crippen LogP contribution in [0, 0.1) is 0 Å². The Labute approximate surface area is 118 Å². The van der Waals surface area contributed by atoms with Crippen molar-refractivity contribution in [2.75, 3.05) is 13.1 Å². The third-order valence-corrected chi connectivity index (χ3v) is 5.53. The van der Waals surface area contributed by atoms with Gasteiger partial charge in [-0.2, -0.15) is 4.31 Å². The van der Waals surface area contributed by atoms with Crippen molar-refractivity contribution in [2.45, 2.75) is 11.9 Å². The fourth-order valence-corrected chi connectivity index (χ4v) is 4.45. The molecule has 0 bridgehead atoms. The summed E-state index contributed by atoms with van der Waals surface area (Å²) >= 11 is 7.15. The summed E-state index contributed by atoms with van der Waals surface area (Å²) in [7, 11) is -3.92. The zero-order valence-electron chi connectivity index (χ0n) is 9.91. The quantitative estimate of drug-likeness (QED) is 0.869. The van der Waals surface area contributed by atoms with Crippen molar-refractivity contribution in [2.24, 2.45) is 5.73 Å². The van der Waals surface area contributed by atoms with Gasteiger partial charge in [-0.15, -0.1) is 11.3 Å². The number of hydrogen-bond donors (Lipinski definition) is 1. The van der Waals surface area contributed by atoms with Crippen LogP contribution in [0.4, 0.5) is 0 Å². The molecule has 0 aliphatic carbocycles. The fraction of sp³-hybridized carbons (Fsp3) is 0.333. The van der Waals surface area contributed by atoms with Gasteiger partial charge in [0.05, 0.1) is 6.54 Å². The van der Waals surface area contributed by atoms with Gasteiger partial charge in [0, 0.05) is 18.1 Å². The third kappa shape index (κ3) is 2.46. The summed E-state index contributed by atoms with van der Waals surface area (Å²) in [5.41, 5.74) is 5.05. The minimum atomic E-state index is -3.92. The van der Waals surface area contributed by atoms with Crippen molar-refractivity contribution in [1.29, 1.82) is 0 Å². The van der Waals surface area contributed by atoms with Crippen LogP contribution in [0.5, 0.6) is 0 Å². The molecule has 2 aromatic heterocycles. The predicted octanol–water partition coefficient (Wildman–Crippen LogP) is 0.545. The second kappa shape index (κ2) is 5.08. The Morgan fingerprint density at radius 2 is 2.32 bits per heavy atom. The molecule has 0 spiro atoms. The van der Waals surface area contributed by atoms with Gasteiger partial charge in [-0.05, 0) is 0 Å². The Morgan fingerprint density at radius 1 is 1.63 bits per heavy atom. The van der Waals surface area contributed by atoms with E-state index in [0.717, 1.165) is 4.31 Å². The second-order valence-corrected chi connectivity index (χ2v) is 6.75. The first kappa shape index (κ1) is 14.3. The SMILES string of the molecule is CCN(CC(N)=O)S(=O)(=O)c1c(Cl)nc2sccn12. The lowest BCUT2D eigenvalue weighted by atomic mass is 10.6. The van der Waals surface area contributed by atoms with Crippen LogP contribution in [0.25, 0.3) is 4.96 Å². The molecule has 0 fully saturated rings. The minimum Gasteiger partial charge on any atom is -0.369 e. The molecule has 19 heavy (non-hydrogen) atoms. The van der Waals surface area contributed by atoms with Gasteiger partial charge in [0.15, 0.2) is 15.1 Å². The van der Waals surface area contributed by atoms with Crippen LogP contribution in [0.15, 0.2) is 16.6 Å². The number of imidazole rings is 1. The molecule has 0 atom stereocenters. The maximum absolute atomic E-state index is 12.5. The number of hydrogen-bond acceptors (Lipinski definition) is 5. The highest BCUT2D eigenvalue weighted by Crippen LogP contribution is 2.27. The number of carbonyl (C=O) groups is 1. The summed E-state index contributed by atoms with van der Waals surface area (Å²) < 4.78 is 27.3. The fourth-order valence-electron chi connectivity index (χ4n) is 1.63. The number of rotatable bonds is 5. The lowest BCUT2D eigenvalue weighted by molar-refractivity contribution is -0.118. The van der Waals surface area contributed by atoms with Crippen LogP contribution < -0.4 is 5.73 Å². The lowest BCUT2D eigenvalue weighted by Crippen LogP contribution is -2.38. The van der Waals surface area contributed by atoms with Crippen molar-refractivity contribution in [1.82, 2.24) is 13.7 Å². The molecule has 0 aliphatic heterocycles. The van der Waals surface area contributed by atoms with E-state index in [2.05, 4.69) is 4.98 Å². The highest BCUT2D eigenvalue weighted by Gasteiger charge is 2.31. The van der Waals surface area contributed by atoms with Crippen LogP contribution in [-0.2, 0) is 14.8 Å². The first-order valence-electron chi connectivity index (χ1n) is 5.27. The molecule has 2 heterocycles. The number of thiazole rings is 1. The Bertz CT molecular complexity index is 721. The molecular formula is C9H11ClN4O3S2. The first-order chi connectivity index (χ1) is 8.87. The summed E-state index contributed by atoms with van der Waals surface area (Å²) in [6.45, 7) is 1.33. The number of nitrogens with zero attached hydrogens (tertiary/aromatic N) is 3. The van der Waals surface area contributed by atoms with E-state index in [1.54, 1.807) is 18.5 Å². The first-order valence-corrected chi connectivity index (χ1v) is 7.97. The summed E-state index contributed by atoms with van der Waals surface area (Å²) in [6, 6.07) is 0. The Balaban J connectivity index is 2.57. The molecule has 0 aliphatic rings. The molecule has 2 rings (SSSR count). The van der Waals surface area contributed by atoms with Gasteiger partial charge in [-0.1, -0.05) is 18.5 Å². The van der Waals surface area contributed by atoms with Gasteiger partial charge < -0.3 is 5.73 Å². The lowest BCUT2D eigenvalue weighted by Gasteiger charge is -2.18. The molecule has 104 valence electrons. The van der Waals surface area contributed by atoms with E-state index in [0.29, 0.717) is 4.96 Å². The van der Waals surface area contributed by atoms with Crippen LogP contribution in [-0.4, -0.2) is 41.1 Å². The molecule has 2 N–H and O–H groups in total. The average molecular weight is 323 g/mol. The zero-order valence-corrected chi connectivity index (χ0v) is 12.3. The summed E-state index contributed by atoms with van der Waals surface area (Å²) in [4.78, 5) is 15.4. The molecule has 0 saturated heterocycles. The summed E-state index contributed by atoms with van der Waals surface area (Å²) in [5.74, 6) is -0.729. The van der Waals surface area contributed by atoms with E-state index >= 15 is 0 Å². The van der Waals surface area contributed by atoms with Gasteiger partial charge >= 0.3 is 0 Å². The van der Waals surface area contributed by atoms with Gasteiger partial charge in [-0.3, -0.25) is 9.20 Å². The van der Waals surface area contributed by atoms with E-state index < -0.39 is 22.5 Å². The third-order valence-electron chi connectivity index (χ3n) is 2.45. The summed E-state index contributed by atoms with van der Waals surface area (Å²) in [6.07, 6.45) is 1.56. The van der Waals surface area contributed by atoms with Crippen LogP contribution in [0.2, 0.25) is 5.15 Å². The number of sulfonamides is 1. The number of nitrogens with two attached hydrogens (primary N) is 1. The topological polar surface area (TPSA) is 97.8 Å². The van der Waals surface area contributed by atoms with E-state index in [1.165, 1.54) is 15.7 Å². The molecule has 1 amide bonds. The van der Waals surface area contributed by atoms with E-state index in [-0.39, 0.29) is 16.7 Å². The Kier molecular flexibility index (Phi) is 3.81. The maximum Gasteiger partial charge on any atom is 0.262 e. The average Bonchev–Trinajstić information content (AvgIpc) is 2.84. The molecule has 7 nitrogen and oxygen atoms in total. The number of primary amides is 1. The normalized spacial score (nSPS) is 12.4. The number of fused-ring (bicyclic) bond motifs is 1. The number of halogens is 1. The largest absolute Gasteiger partial charge is 0.369 e. The standard InChI is InChI=1S/C9H11ClN4O3S2/c1-2-13(5-6(11)15)19(16,17)8-7(10)12-9-14(8)3-4-18-9/h3-4H,2,5H2,1H3,(H2,11,15). The number of carbonyl (C=O) groups excluding carboxylic acids is 1. The molecule has 0 aromatic carbocycles. The minimum absolute atomic E-state index is 0.110. The smallest absolute Gasteiger partial charge is 0.262 e. The zero-order chi connectivity index (χ0) is 14.2. The van der Waals surface area contributed by atoms with Crippen LogP contribution >= 0.6 is 22.9 Å². The van der Waals surface area contributed by atoms with E-state index in [1.807, 2.05) is 0 Å². The van der Waals surface area contributed by atoms with Crippen LogP contribution in [0.3, 0.4) is 0 Å². The predicted molar refractivity (Wildman–Crippen MR) is 71.7 cm³/mol. The molecule has 0 saturated carbocycles. The number of amides is 1. The summed E-state index contributed by atoms with van der Waals surface area (Å²) in [5, 5.41) is 1.44. The van der Waals surface area contributed by atoms with E-state index in [9.17, 15) is 13.2 Å². The van der Waals surface area contributed by atoms with Crippen molar-refractivity contribution in [3.05, 3.63) is 16.7 Å². The molecular weight excluding hydrogens is 312 g/mol. The van der Waals surface area contributed by atoms with Gasteiger partial charge in [0.1, 0.15) is 0 Å². The van der Waals surface area contributed by atoms with E-state index in [4.69, 9.17) is 17.3 Å². The number of aromatic nitrogens is 2. The molecule has 0 unspecified atom stereocenters. The molecule has 2 aromatic rings. The highest BCUT2D eigenvalue weighted by molar-refractivity contribution is 7.89. The monoisotopic (exact) mass is 322 g/mol. The Hall–Kier alpha value is -1.16. The van der Waals surface area contributed by atoms with Crippen molar-refractivity contribution >= 4 is 43.8 Å². The molecule has 0 radical (unpaired) electrons. The highest BCUT2D eigenvalue weighted by atomic mass is 35.5. The second-order valence-electron chi connectivity index (χ2n) is 3.66.